The van der Waals surface area contributed by atoms with E-state index in [9.17, 15) is 0 Å². The maximum absolute atomic E-state index is 5.75. The monoisotopic (exact) mass is 284 g/mol. The summed E-state index contributed by atoms with van der Waals surface area (Å²) < 4.78 is 5.75. The summed E-state index contributed by atoms with van der Waals surface area (Å²) in [5.41, 5.74) is 9.32. The van der Waals surface area contributed by atoms with E-state index < -0.39 is 0 Å². The molecule has 0 aliphatic carbocycles. The summed E-state index contributed by atoms with van der Waals surface area (Å²) in [6.07, 6.45) is 0. The fourth-order valence-electron chi connectivity index (χ4n) is 2.13. The molecule has 2 aromatic carbocycles. The highest BCUT2D eigenvalue weighted by molar-refractivity contribution is 5.27. The Morgan fingerprint density at radius 2 is 1.57 bits per heavy atom. The Morgan fingerprint density at radius 1 is 0.952 bits per heavy atom. The van der Waals surface area contributed by atoms with Crippen LogP contribution in [-0.4, -0.2) is 25.1 Å². The molecule has 0 saturated carbocycles. The number of hydrogen-bond acceptors (Lipinski definition) is 3. The number of likely N-dealkylation sites (N-methyl/N-ethyl adjacent to an activating group) is 1. The zero-order valence-corrected chi connectivity index (χ0v) is 12.9. The molecular weight excluding hydrogens is 260 g/mol. The van der Waals surface area contributed by atoms with Gasteiger partial charge >= 0.3 is 0 Å². The van der Waals surface area contributed by atoms with Crippen LogP contribution in [0.1, 0.15) is 16.7 Å². The minimum Gasteiger partial charge on any atom is -0.492 e. The molecule has 3 nitrogen and oxygen atoms in total. The summed E-state index contributed by atoms with van der Waals surface area (Å²) in [7, 11) is 2.11. The van der Waals surface area contributed by atoms with E-state index in [1.165, 1.54) is 11.1 Å². The van der Waals surface area contributed by atoms with Crippen molar-refractivity contribution in [2.45, 2.75) is 20.0 Å². The van der Waals surface area contributed by atoms with E-state index in [1.54, 1.807) is 0 Å². The lowest BCUT2D eigenvalue weighted by atomic mass is 10.1. The maximum Gasteiger partial charge on any atom is 0.119 e. The molecule has 0 aromatic heterocycles. The molecule has 2 rings (SSSR count). The van der Waals surface area contributed by atoms with Crippen LogP contribution in [0, 0.1) is 6.92 Å². The van der Waals surface area contributed by atoms with Crippen LogP contribution >= 0.6 is 0 Å². The van der Waals surface area contributed by atoms with Crippen molar-refractivity contribution in [3.63, 3.8) is 0 Å². The first-order valence-corrected chi connectivity index (χ1v) is 7.33. The van der Waals surface area contributed by atoms with Crippen molar-refractivity contribution in [1.29, 1.82) is 0 Å². The van der Waals surface area contributed by atoms with Crippen molar-refractivity contribution in [2.24, 2.45) is 5.73 Å². The van der Waals surface area contributed by atoms with Gasteiger partial charge in [0, 0.05) is 19.6 Å². The van der Waals surface area contributed by atoms with Gasteiger partial charge in [0.1, 0.15) is 12.4 Å². The lowest BCUT2D eigenvalue weighted by molar-refractivity contribution is 0.233. The lowest BCUT2D eigenvalue weighted by Crippen LogP contribution is -2.23. The Labute approximate surface area is 127 Å². The first-order valence-electron chi connectivity index (χ1n) is 7.33. The van der Waals surface area contributed by atoms with Crippen molar-refractivity contribution in [2.75, 3.05) is 20.2 Å². The topological polar surface area (TPSA) is 38.5 Å². The summed E-state index contributed by atoms with van der Waals surface area (Å²) in [5.74, 6) is 0.899. The van der Waals surface area contributed by atoms with Crippen LogP contribution in [0.5, 0.6) is 5.75 Å². The molecule has 2 aromatic rings. The molecule has 21 heavy (non-hydrogen) atoms. The van der Waals surface area contributed by atoms with E-state index in [-0.39, 0.29) is 0 Å². The van der Waals surface area contributed by atoms with E-state index >= 15 is 0 Å². The zero-order chi connectivity index (χ0) is 15.1. The van der Waals surface area contributed by atoms with E-state index in [2.05, 4.69) is 43.1 Å². The van der Waals surface area contributed by atoms with Gasteiger partial charge in [0.15, 0.2) is 0 Å². The first-order chi connectivity index (χ1) is 10.2. The molecule has 0 spiro atoms. The number of aryl methyl sites for hydroxylation is 1. The Kier molecular flexibility index (Phi) is 5.78. The third-order valence-electron chi connectivity index (χ3n) is 3.47. The number of hydrogen-bond donors (Lipinski definition) is 1. The molecule has 0 bridgehead atoms. The quantitative estimate of drug-likeness (QED) is 0.849. The second-order valence-electron chi connectivity index (χ2n) is 5.42. The first kappa shape index (κ1) is 15.5. The maximum atomic E-state index is 5.75. The SMILES string of the molecule is Cc1ccc(CN(C)CCOc2ccc(CN)cc2)cc1. The molecule has 0 heterocycles. The molecule has 0 fully saturated rings. The molecule has 0 aliphatic heterocycles. The van der Waals surface area contributed by atoms with Crippen molar-refractivity contribution in [1.82, 2.24) is 4.90 Å². The van der Waals surface area contributed by atoms with Gasteiger partial charge in [-0.25, -0.2) is 0 Å². The van der Waals surface area contributed by atoms with Crippen LogP contribution in [0.3, 0.4) is 0 Å². The molecule has 2 N–H and O–H groups in total. The average Bonchev–Trinajstić information content (AvgIpc) is 2.50. The normalized spacial score (nSPS) is 10.9. The predicted octanol–water partition coefficient (Wildman–Crippen LogP) is 2.96. The van der Waals surface area contributed by atoms with Gasteiger partial charge in [0.05, 0.1) is 0 Å². The molecule has 3 heteroatoms. The summed E-state index contributed by atoms with van der Waals surface area (Å²) in [6, 6.07) is 16.6. The smallest absolute Gasteiger partial charge is 0.119 e. The minimum absolute atomic E-state index is 0.569. The summed E-state index contributed by atoms with van der Waals surface area (Å²) in [5, 5.41) is 0. The Balaban J connectivity index is 1.73. The lowest BCUT2D eigenvalue weighted by Gasteiger charge is -2.17. The standard InChI is InChI=1S/C18H24N2O/c1-15-3-5-17(6-4-15)14-20(2)11-12-21-18-9-7-16(13-19)8-10-18/h3-10H,11-14,19H2,1-2H3. The number of rotatable bonds is 7. The minimum atomic E-state index is 0.569. The van der Waals surface area contributed by atoms with Gasteiger partial charge in [-0.2, -0.15) is 0 Å². The molecule has 0 unspecified atom stereocenters. The Bertz CT molecular complexity index is 534. The van der Waals surface area contributed by atoms with Crippen LogP contribution in [0.4, 0.5) is 0 Å². The molecule has 0 aliphatic rings. The van der Waals surface area contributed by atoms with Gasteiger partial charge in [-0.05, 0) is 37.2 Å². The van der Waals surface area contributed by atoms with E-state index in [0.29, 0.717) is 13.2 Å². The van der Waals surface area contributed by atoms with E-state index in [4.69, 9.17) is 10.5 Å². The van der Waals surface area contributed by atoms with Gasteiger partial charge in [-0.3, -0.25) is 4.90 Å². The summed E-state index contributed by atoms with van der Waals surface area (Å²) in [6.45, 7) is 5.20. The van der Waals surface area contributed by atoms with Crippen molar-refractivity contribution in [3.8, 4) is 5.75 Å². The molecule has 0 radical (unpaired) electrons. The molecule has 0 amide bonds. The van der Waals surface area contributed by atoms with Crippen LogP contribution in [0.15, 0.2) is 48.5 Å². The number of nitrogens with two attached hydrogens (primary N) is 1. The van der Waals surface area contributed by atoms with Crippen LogP contribution in [0.25, 0.3) is 0 Å². The van der Waals surface area contributed by atoms with E-state index in [1.807, 2.05) is 24.3 Å². The molecule has 0 atom stereocenters. The summed E-state index contributed by atoms with van der Waals surface area (Å²) >= 11 is 0. The second kappa shape index (κ2) is 7.81. The number of nitrogens with zero attached hydrogens (tertiary/aromatic N) is 1. The molecular formula is C18H24N2O. The Morgan fingerprint density at radius 3 is 2.19 bits per heavy atom. The Hall–Kier alpha value is -1.84. The highest BCUT2D eigenvalue weighted by atomic mass is 16.5. The molecule has 0 saturated heterocycles. The fourth-order valence-corrected chi connectivity index (χ4v) is 2.13. The highest BCUT2D eigenvalue weighted by Crippen LogP contribution is 2.12. The van der Waals surface area contributed by atoms with E-state index in [0.717, 1.165) is 24.4 Å². The number of benzene rings is 2. The van der Waals surface area contributed by atoms with Gasteiger partial charge in [0.25, 0.3) is 0 Å². The van der Waals surface area contributed by atoms with Gasteiger partial charge in [-0.1, -0.05) is 42.0 Å². The second-order valence-corrected chi connectivity index (χ2v) is 5.42. The fraction of sp³-hybridized carbons (Fsp3) is 0.333. The summed E-state index contributed by atoms with van der Waals surface area (Å²) in [4.78, 5) is 2.26. The average molecular weight is 284 g/mol. The highest BCUT2D eigenvalue weighted by Gasteiger charge is 2.01. The largest absolute Gasteiger partial charge is 0.492 e. The van der Waals surface area contributed by atoms with Crippen LogP contribution < -0.4 is 10.5 Å². The van der Waals surface area contributed by atoms with Crippen LogP contribution in [-0.2, 0) is 13.1 Å². The zero-order valence-electron chi connectivity index (χ0n) is 12.9. The van der Waals surface area contributed by atoms with Gasteiger partial charge in [0.2, 0.25) is 0 Å². The molecule has 112 valence electrons. The van der Waals surface area contributed by atoms with Gasteiger partial charge in [-0.15, -0.1) is 0 Å². The third-order valence-corrected chi connectivity index (χ3v) is 3.47. The predicted molar refractivity (Wildman–Crippen MR) is 87.3 cm³/mol. The van der Waals surface area contributed by atoms with Gasteiger partial charge < -0.3 is 10.5 Å². The number of ether oxygens (including phenoxy) is 1. The third kappa shape index (κ3) is 5.21. The van der Waals surface area contributed by atoms with Crippen LogP contribution in [0.2, 0.25) is 0 Å². The van der Waals surface area contributed by atoms with Crippen molar-refractivity contribution in [3.05, 3.63) is 65.2 Å². The van der Waals surface area contributed by atoms with Crippen molar-refractivity contribution < 1.29 is 4.74 Å². The van der Waals surface area contributed by atoms with Crippen molar-refractivity contribution >= 4 is 0 Å².